The summed E-state index contributed by atoms with van der Waals surface area (Å²) in [5, 5.41) is 0. The number of carbonyl (C=O) groups excluding carboxylic acids is 3. The number of hydrogen-bond donors (Lipinski definition) is 0. The summed E-state index contributed by atoms with van der Waals surface area (Å²) in [5.41, 5.74) is 0.293. The normalized spacial score (nSPS) is 30.7. The lowest BCUT2D eigenvalue weighted by atomic mass is 9.49. The molecule has 4 bridgehead atoms. The Hall–Kier alpha value is -1.89. The number of ether oxygens (including phenoxy) is 3. The molecule has 0 N–H and O–H groups in total. The van der Waals surface area contributed by atoms with Crippen LogP contribution in [0, 0.1) is 17.3 Å². The summed E-state index contributed by atoms with van der Waals surface area (Å²) in [6, 6.07) is 4.30. The van der Waals surface area contributed by atoms with E-state index in [-0.39, 0.29) is 45.8 Å². The number of benzene rings is 1. The van der Waals surface area contributed by atoms with E-state index in [1.807, 2.05) is 0 Å². The van der Waals surface area contributed by atoms with Gasteiger partial charge in [-0.25, -0.2) is 9.59 Å². The molecule has 5 rings (SSSR count). The van der Waals surface area contributed by atoms with Crippen molar-refractivity contribution in [1.29, 1.82) is 0 Å². The zero-order valence-electron chi connectivity index (χ0n) is 18.1. The second kappa shape index (κ2) is 8.57. The number of halogens is 1. The highest BCUT2D eigenvalue weighted by molar-refractivity contribution is 9.10. The van der Waals surface area contributed by atoms with Gasteiger partial charge in [0.25, 0.3) is 0 Å². The van der Waals surface area contributed by atoms with E-state index < -0.39 is 11.9 Å². The van der Waals surface area contributed by atoms with Crippen molar-refractivity contribution in [3.05, 3.63) is 29.3 Å². The molecule has 4 fully saturated rings. The maximum Gasteiger partial charge on any atom is 0.338 e. The molecule has 0 radical (unpaired) electrons. The minimum Gasteiger partial charge on any atom is -0.462 e. The highest BCUT2D eigenvalue weighted by atomic mass is 79.9. The number of esters is 3. The molecule has 0 unspecified atom stereocenters. The summed E-state index contributed by atoms with van der Waals surface area (Å²) in [6.45, 7) is 3.82. The molecule has 0 heterocycles. The standard InChI is InChI=1S/C24H29BrO6/c1-3-29-21(27)17-6-18(22(28)30-4-2)8-19(7-17)31-20(26)13-23-9-15-5-16(10-23)12-24(25,11-15)14-23/h6-8,15-16H,3-5,9-14H2,1-2H3/t15-,16-,23?,24?/m1/s1. The average Bonchev–Trinajstić information content (AvgIpc) is 2.65. The minimum atomic E-state index is -0.576. The Morgan fingerprint density at radius 1 is 0.935 bits per heavy atom. The van der Waals surface area contributed by atoms with Crippen molar-refractivity contribution < 1.29 is 28.6 Å². The summed E-state index contributed by atoms with van der Waals surface area (Å²) >= 11 is 3.97. The Bertz CT molecular complexity index is 844. The molecule has 0 aliphatic heterocycles. The highest BCUT2D eigenvalue weighted by Crippen LogP contribution is 2.65. The lowest BCUT2D eigenvalue weighted by molar-refractivity contribution is -0.141. The molecule has 0 spiro atoms. The third-order valence-electron chi connectivity index (χ3n) is 6.79. The Balaban J connectivity index is 1.52. The molecule has 4 aliphatic carbocycles. The van der Waals surface area contributed by atoms with Crippen LogP contribution in [0.3, 0.4) is 0 Å². The van der Waals surface area contributed by atoms with E-state index >= 15 is 0 Å². The zero-order chi connectivity index (χ0) is 22.2. The number of rotatable bonds is 7. The van der Waals surface area contributed by atoms with Crippen LogP contribution in [0.1, 0.15) is 79.5 Å². The number of carbonyl (C=O) groups is 3. The summed E-state index contributed by atoms with van der Waals surface area (Å²) < 4.78 is 15.9. The van der Waals surface area contributed by atoms with Crippen LogP contribution >= 0.6 is 15.9 Å². The van der Waals surface area contributed by atoms with Crippen LogP contribution < -0.4 is 4.74 Å². The van der Waals surface area contributed by atoms with E-state index in [1.165, 1.54) is 37.5 Å². The van der Waals surface area contributed by atoms with Gasteiger partial charge in [0, 0.05) is 4.32 Å². The summed E-state index contributed by atoms with van der Waals surface area (Å²) in [6.07, 6.45) is 7.17. The fourth-order valence-electron chi connectivity index (χ4n) is 6.34. The van der Waals surface area contributed by atoms with Gasteiger partial charge < -0.3 is 14.2 Å². The molecule has 0 aromatic heterocycles. The average molecular weight is 493 g/mol. The van der Waals surface area contributed by atoms with Gasteiger partial charge in [-0.2, -0.15) is 0 Å². The molecule has 1 aromatic rings. The van der Waals surface area contributed by atoms with Gasteiger partial charge in [0.2, 0.25) is 0 Å². The third kappa shape index (κ3) is 4.81. The molecule has 31 heavy (non-hydrogen) atoms. The van der Waals surface area contributed by atoms with Gasteiger partial charge in [0.05, 0.1) is 30.8 Å². The van der Waals surface area contributed by atoms with Crippen molar-refractivity contribution in [2.45, 2.75) is 63.1 Å². The van der Waals surface area contributed by atoms with E-state index in [0.29, 0.717) is 18.3 Å². The van der Waals surface area contributed by atoms with E-state index in [9.17, 15) is 14.4 Å². The molecule has 0 saturated heterocycles. The van der Waals surface area contributed by atoms with Crippen molar-refractivity contribution in [2.75, 3.05) is 13.2 Å². The van der Waals surface area contributed by atoms with Crippen LogP contribution in [-0.4, -0.2) is 35.4 Å². The molecule has 4 aliphatic rings. The van der Waals surface area contributed by atoms with E-state index in [1.54, 1.807) is 13.8 Å². The molecule has 7 heteroatoms. The first-order valence-corrected chi connectivity index (χ1v) is 11.9. The quantitative estimate of drug-likeness (QED) is 0.300. The number of alkyl halides is 1. The first kappa shape index (κ1) is 22.3. The minimum absolute atomic E-state index is 0.0204. The van der Waals surface area contributed by atoms with Crippen LogP contribution in [0.4, 0.5) is 0 Å². The topological polar surface area (TPSA) is 78.9 Å². The number of hydrogen-bond acceptors (Lipinski definition) is 6. The van der Waals surface area contributed by atoms with Gasteiger partial charge in [0.1, 0.15) is 5.75 Å². The first-order chi connectivity index (χ1) is 14.7. The molecule has 4 saturated carbocycles. The Morgan fingerprint density at radius 3 is 1.97 bits per heavy atom. The first-order valence-electron chi connectivity index (χ1n) is 11.1. The van der Waals surface area contributed by atoms with E-state index in [4.69, 9.17) is 14.2 Å². The summed E-state index contributed by atoms with van der Waals surface area (Å²) in [4.78, 5) is 37.4. The van der Waals surface area contributed by atoms with Crippen LogP contribution in [-0.2, 0) is 14.3 Å². The van der Waals surface area contributed by atoms with E-state index in [2.05, 4.69) is 15.9 Å². The third-order valence-corrected chi connectivity index (χ3v) is 7.72. The van der Waals surface area contributed by atoms with Crippen LogP contribution in [0.25, 0.3) is 0 Å². The molecule has 6 nitrogen and oxygen atoms in total. The lowest BCUT2D eigenvalue weighted by Gasteiger charge is -2.60. The van der Waals surface area contributed by atoms with Crippen LogP contribution in [0.15, 0.2) is 18.2 Å². The fraction of sp³-hybridized carbons (Fsp3) is 0.625. The molecular weight excluding hydrogens is 464 g/mol. The van der Waals surface area contributed by atoms with Gasteiger partial charge in [-0.15, -0.1) is 0 Å². The Morgan fingerprint density at radius 2 is 1.48 bits per heavy atom. The predicted octanol–water partition coefficient (Wildman–Crippen LogP) is 5.07. The molecule has 168 valence electrons. The Kier molecular flexibility index (Phi) is 6.16. The van der Waals surface area contributed by atoms with Crippen molar-refractivity contribution in [3.8, 4) is 5.75 Å². The summed E-state index contributed by atoms with van der Waals surface area (Å²) in [5.74, 6) is 0.0410. The highest BCUT2D eigenvalue weighted by Gasteiger charge is 2.57. The molecule has 2 atom stereocenters. The second-order valence-electron chi connectivity index (χ2n) is 9.45. The predicted molar refractivity (Wildman–Crippen MR) is 117 cm³/mol. The second-order valence-corrected chi connectivity index (χ2v) is 11.1. The summed E-state index contributed by atoms with van der Waals surface area (Å²) in [7, 11) is 0. The van der Waals surface area contributed by atoms with Crippen molar-refractivity contribution in [3.63, 3.8) is 0 Å². The SMILES string of the molecule is CCOC(=O)c1cc(OC(=O)CC23C[C@H]4C[C@@H](CC(Br)(C4)C2)C3)cc(C(=O)OCC)c1. The van der Waals surface area contributed by atoms with Crippen LogP contribution in [0.5, 0.6) is 5.75 Å². The van der Waals surface area contributed by atoms with Crippen molar-refractivity contribution >= 4 is 33.8 Å². The monoisotopic (exact) mass is 492 g/mol. The van der Waals surface area contributed by atoms with Crippen LogP contribution in [0.2, 0.25) is 0 Å². The molecule has 1 aromatic carbocycles. The molecule has 0 amide bonds. The van der Waals surface area contributed by atoms with Gasteiger partial charge >= 0.3 is 17.9 Å². The zero-order valence-corrected chi connectivity index (χ0v) is 19.7. The maximum absolute atomic E-state index is 12.9. The van der Waals surface area contributed by atoms with Crippen molar-refractivity contribution in [1.82, 2.24) is 0 Å². The smallest absolute Gasteiger partial charge is 0.338 e. The molecular formula is C24H29BrO6. The van der Waals surface area contributed by atoms with Gasteiger partial charge in [-0.05, 0) is 87.8 Å². The van der Waals surface area contributed by atoms with Gasteiger partial charge in [-0.1, -0.05) is 15.9 Å². The van der Waals surface area contributed by atoms with Crippen molar-refractivity contribution in [2.24, 2.45) is 17.3 Å². The van der Waals surface area contributed by atoms with E-state index in [0.717, 1.165) is 19.3 Å². The maximum atomic E-state index is 12.9. The Labute approximate surface area is 191 Å². The van der Waals surface area contributed by atoms with Gasteiger partial charge in [-0.3, -0.25) is 4.79 Å². The lowest BCUT2D eigenvalue weighted by Crippen LogP contribution is -2.53. The largest absolute Gasteiger partial charge is 0.462 e. The van der Waals surface area contributed by atoms with Gasteiger partial charge in [0.15, 0.2) is 0 Å². The fourth-order valence-corrected chi connectivity index (χ4v) is 7.85.